The second-order valence-corrected chi connectivity index (χ2v) is 4.85. The topological polar surface area (TPSA) is 23.5 Å². The van der Waals surface area contributed by atoms with E-state index >= 15 is 0 Å². The average molecular weight is 187 g/mol. The highest BCUT2D eigenvalue weighted by Crippen LogP contribution is 2.30. The molecule has 0 heterocycles. The number of nitrogens with zero attached hydrogens (tertiary/aromatic N) is 1. The van der Waals surface area contributed by atoms with Crippen LogP contribution in [0.5, 0.6) is 0 Å². The monoisotopic (exact) mass is 187 g/mol. The maximum absolute atomic E-state index is 9.45. The van der Waals surface area contributed by atoms with Gasteiger partial charge in [0.05, 0.1) is 0 Å². The van der Waals surface area contributed by atoms with E-state index in [0.29, 0.717) is 12.5 Å². The van der Waals surface area contributed by atoms with Crippen LogP contribution in [0.2, 0.25) is 0 Å². The SMILES string of the molecule is CCC(CO)(CC(C)C)CN(C)C. The van der Waals surface area contributed by atoms with Crippen molar-refractivity contribution >= 4 is 0 Å². The van der Waals surface area contributed by atoms with E-state index < -0.39 is 0 Å². The van der Waals surface area contributed by atoms with Gasteiger partial charge in [-0.2, -0.15) is 0 Å². The Balaban J connectivity index is 4.30. The molecule has 2 heteroatoms. The van der Waals surface area contributed by atoms with Crippen LogP contribution in [0.3, 0.4) is 0 Å². The maximum Gasteiger partial charge on any atom is 0.0499 e. The molecule has 1 atom stereocenters. The quantitative estimate of drug-likeness (QED) is 0.687. The first-order valence-electron chi connectivity index (χ1n) is 5.21. The zero-order chi connectivity index (χ0) is 10.5. The van der Waals surface area contributed by atoms with Crippen LogP contribution in [-0.4, -0.2) is 37.3 Å². The Hall–Kier alpha value is -0.0800. The van der Waals surface area contributed by atoms with Crippen molar-refractivity contribution in [2.75, 3.05) is 27.2 Å². The Labute approximate surface area is 82.9 Å². The highest BCUT2D eigenvalue weighted by molar-refractivity contribution is 4.80. The van der Waals surface area contributed by atoms with Crippen LogP contribution in [-0.2, 0) is 0 Å². The molecular formula is C11H25NO. The molecule has 0 saturated carbocycles. The van der Waals surface area contributed by atoms with Gasteiger partial charge in [0.1, 0.15) is 0 Å². The second-order valence-electron chi connectivity index (χ2n) is 4.85. The normalized spacial score (nSPS) is 16.6. The minimum atomic E-state index is 0.109. The van der Waals surface area contributed by atoms with Crippen molar-refractivity contribution in [3.05, 3.63) is 0 Å². The summed E-state index contributed by atoms with van der Waals surface area (Å²) in [4.78, 5) is 2.17. The van der Waals surface area contributed by atoms with Crippen LogP contribution in [0.1, 0.15) is 33.6 Å². The van der Waals surface area contributed by atoms with E-state index in [1.165, 1.54) is 0 Å². The lowest BCUT2D eigenvalue weighted by Crippen LogP contribution is -2.37. The van der Waals surface area contributed by atoms with Crippen molar-refractivity contribution in [3.63, 3.8) is 0 Å². The largest absolute Gasteiger partial charge is 0.396 e. The van der Waals surface area contributed by atoms with Crippen molar-refractivity contribution in [3.8, 4) is 0 Å². The van der Waals surface area contributed by atoms with E-state index in [0.717, 1.165) is 19.4 Å². The van der Waals surface area contributed by atoms with Crippen LogP contribution in [0, 0.1) is 11.3 Å². The molecule has 0 amide bonds. The number of aliphatic hydroxyl groups is 1. The third-order valence-electron chi connectivity index (χ3n) is 2.58. The molecule has 0 fully saturated rings. The molecule has 0 aliphatic rings. The van der Waals surface area contributed by atoms with Gasteiger partial charge in [-0.25, -0.2) is 0 Å². The third-order valence-corrected chi connectivity index (χ3v) is 2.58. The van der Waals surface area contributed by atoms with Crippen molar-refractivity contribution in [2.24, 2.45) is 11.3 Å². The number of rotatable bonds is 6. The zero-order valence-electron chi connectivity index (χ0n) is 9.80. The summed E-state index contributed by atoms with van der Waals surface area (Å²) in [6.07, 6.45) is 2.16. The molecule has 0 radical (unpaired) electrons. The summed E-state index contributed by atoms with van der Waals surface area (Å²) >= 11 is 0. The van der Waals surface area contributed by atoms with Gasteiger partial charge in [0.25, 0.3) is 0 Å². The molecule has 80 valence electrons. The predicted octanol–water partition coefficient (Wildman–Crippen LogP) is 1.98. The van der Waals surface area contributed by atoms with Gasteiger partial charge in [-0.1, -0.05) is 20.8 Å². The minimum absolute atomic E-state index is 0.109. The lowest BCUT2D eigenvalue weighted by molar-refractivity contribution is 0.0672. The highest BCUT2D eigenvalue weighted by Gasteiger charge is 2.28. The van der Waals surface area contributed by atoms with Crippen LogP contribution in [0.15, 0.2) is 0 Å². The van der Waals surface area contributed by atoms with E-state index in [9.17, 15) is 5.11 Å². The number of hydrogen-bond acceptors (Lipinski definition) is 2. The van der Waals surface area contributed by atoms with E-state index in [2.05, 4.69) is 39.8 Å². The van der Waals surface area contributed by atoms with Gasteiger partial charge in [-0.15, -0.1) is 0 Å². The van der Waals surface area contributed by atoms with Crippen molar-refractivity contribution in [1.29, 1.82) is 0 Å². The van der Waals surface area contributed by atoms with Gasteiger partial charge in [-0.05, 0) is 32.9 Å². The third kappa shape index (κ3) is 4.63. The summed E-state index contributed by atoms with van der Waals surface area (Å²) in [5, 5.41) is 9.45. The molecule has 0 aromatic rings. The Morgan fingerprint density at radius 2 is 1.85 bits per heavy atom. The molecule has 1 N–H and O–H groups in total. The first kappa shape index (κ1) is 12.9. The molecule has 0 bridgehead atoms. The average Bonchev–Trinajstić information content (AvgIpc) is 2.01. The van der Waals surface area contributed by atoms with Gasteiger partial charge in [0.15, 0.2) is 0 Å². The predicted molar refractivity (Wildman–Crippen MR) is 57.8 cm³/mol. The van der Waals surface area contributed by atoms with E-state index in [-0.39, 0.29) is 5.41 Å². The summed E-state index contributed by atoms with van der Waals surface area (Å²) in [6, 6.07) is 0. The van der Waals surface area contributed by atoms with Crippen LogP contribution >= 0.6 is 0 Å². The van der Waals surface area contributed by atoms with Crippen LogP contribution in [0.25, 0.3) is 0 Å². The lowest BCUT2D eigenvalue weighted by atomic mass is 9.78. The Kier molecular flexibility index (Phi) is 5.57. The molecule has 13 heavy (non-hydrogen) atoms. The van der Waals surface area contributed by atoms with Gasteiger partial charge in [-0.3, -0.25) is 0 Å². The molecule has 0 aromatic heterocycles. The van der Waals surface area contributed by atoms with Crippen molar-refractivity contribution in [1.82, 2.24) is 4.90 Å². The van der Waals surface area contributed by atoms with Crippen LogP contribution < -0.4 is 0 Å². The zero-order valence-corrected chi connectivity index (χ0v) is 9.80. The standard InChI is InChI=1S/C11H25NO/c1-6-11(9-13,7-10(2)3)8-12(4)5/h10,13H,6-9H2,1-5H3. The fourth-order valence-electron chi connectivity index (χ4n) is 2.08. The van der Waals surface area contributed by atoms with Gasteiger partial charge in [0, 0.05) is 18.6 Å². The Morgan fingerprint density at radius 3 is 2.08 bits per heavy atom. The fraction of sp³-hybridized carbons (Fsp3) is 1.00. The summed E-state index contributed by atoms with van der Waals surface area (Å²) in [5.74, 6) is 0.659. The first-order chi connectivity index (χ1) is 5.95. The smallest absolute Gasteiger partial charge is 0.0499 e. The molecular weight excluding hydrogens is 162 g/mol. The first-order valence-corrected chi connectivity index (χ1v) is 5.21. The Morgan fingerprint density at radius 1 is 1.31 bits per heavy atom. The fourth-order valence-corrected chi connectivity index (χ4v) is 2.08. The molecule has 0 aliphatic heterocycles. The van der Waals surface area contributed by atoms with E-state index in [1.807, 2.05) is 0 Å². The Bertz CT molecular complexity index is 116. The van der Waals surface area contributed by atoms with Gasteiger partial charge < -0.3 is 10.0 Å². The molecule has 0 rings (SSSR count). The molecule has 0 aliphatic carbocycles. The van der Waals surface area contributed by atoms with Gasteiger partial charge in [0.2, 0.25) is 0 Å². The second kappa shape index (κ2) is 5.61. The number of aliphatic hydroxyl groups excluding tert-OH is 1. The molecule has 0 saturated heterocycles. The van der Waals surface area contributed by atoms with Crippen LogP contribution in [0.4, 0.5) is 0 Å². The van der Waals surface area contributed by atoms with Gasteiger partial charge >= 0.3 is 0 Å². The molecule has 0 aromatic carbocycles. The highest BCUT2D eigenvalue weighted by atomic mass is 16.3. The number of hydrogen-bond donors (Lipinski definition) is 1. The summed E-state index contributed by atoms with van der Waals surface area (Å²) in [6.45, 7) is 7.89. The molecule has 2 nitrogen and oxygen atoms in total. The lowest BCUT2D eigenvalue weighted by Gasteiger charge is -2.35. The minimum Gasteiger partial charge on any atom is -0.396 e. The molecule has 1 unspecified atom stereocenters. The van der Waals surface area contributed by atoms with Crippen molar-refractivity contribution < 1.29 is 5.11 Å². The maximum atomic E-state index is 9.45. The molecule has 0 spiro atoms. The van der Waals surface area contributed by atoms with E-state index in [1.54, 1.807) is 0 Å². The summed E-state index contributed by atoms with van der Waals surface area (Å²) < 4.78 is 0. The van der Waals surface area contributed by atoms with Crippen molar-refractivity contribution in [2.45, 2.75) is 33.6 Å². The van der Waals surface area contributed by atoms with E-state index in [4.69, 9.17) is 0 Å². The summed E-state index contributed by atoms with van der Waals surface area (Å²) in [7, 11) is 4.14. The summed E-state index contributed by atoms with van der Waals surface area (Å²) in [5.41, 5.74) is 0.109.